The number of amides is 1. The van der Waals surface area contributed by atoms with Crippen molar-refractivity contribution in [3.63, 3.8) is 0 Å². The molecule has 1 amide bonds. The van der Waals surface area contributed by atoms with Crippen LogP contribution in [-0.2, 0) is 6.67 Å². The fourth-order valence-electron chi connectivity index (χ4n) is 3.60. The maximum absolute atomic E-state index is 12.4. The van der Waals surface area contributed by atoms with Gasteiger partial charge in [-0.05, 0) is 50.6 Å². The molecule has 3 aromatic rings. The van der Waals surface area contributed by atoms with E-state index in [0.717, 1.165) is 29.6 Å². The van der Waals surface area contributed by atoms with E-state index in [1.165, 1.54) is 12.8 Å². The van der Waals surface area contributed by atoms with Crippen molar-refractivity contribution in [3.05, 3.63) is 59.7 Å². The molecule has 0 radical (unpaired) electrons. The van der Waals surface area contributed by atoms with Crippen LogP contribution in [0, 0.1) is 6.92 Å². The summed E-state index contributed by atoms with van der Waals surface area (Å²) in [7, 11) is 0. The van der Waals surface area contributed by atoms with Gasteiger partial charge in [0.2, 0.25) is 5.88 Å². The minimum absolute atomic E-state index is 0.0458. The van der Waals surface area contributed by atoms with Crippen LogP contribution in [0.15, 0.2) is 58.8 Å². The van der Waals surface area contributed by atoms with Crippen molar-refractivity contribution in [1.82, 2.24) is 9.47 Å². The number of aromatic nitrogens is 1. The quantitative estimate of drug-likeness (QED) is 0.688. The lowest BCUT2D eigenvalue weighted by molar-refractivity contribution is 0.0994. The smallest absolute Gasteiger partial charge is 0.295 e. The summed E-state index contributed by atoms with van der Waals surface area (Å²) in [6, 6.07) is 14.9. The van der Waals surface area contributed by atoms with Gasteiger partial charge in [-0.1, -0.05) is 36.4 Å². The number of para-hydroxylation sites is 1. The molecule has 0 aliphatic carbocycles. The first-order chi connectivity index (χ1) is 13.1. The normalized spacial score (nSPS) is 15.1. The Labute approximate surface area is 157 Å². The predicted octanol–water partition coefficient (Wildman–Crippen LogP) is 4.63. The number of benzene rings is 2. The second-order valence-corrected chi connectivity index (χ2v) is 6.90. The summed E-state index contributed by atoms with van der Waals surface area (Å²) in [5, 5.41) is 19.6. The number of aryl methyl sites for hydroxylation is 1. The lowest BCUT2D eigenvalue weighted by Crippen LogP contribution is -2.22. The Kier molecular flexibility index (Phi) is 4.73. The maximum atomic E-state index is 12.4. The van der Waals surface area contributed by atoms with Crippen LogP contribution in [0.4, 0.5) is 5.69 Å². The molecule has 0 bridgehead atoms. The number of hydrogen-bond acceptors (Lipinski definition) is 4. The largest absolute Gasteiger partial charge is 0.493 e. The van der Waals surface area contributed by atoms with Crippen molar-refractivity contribution in [2.75, 3.05) is 13.1 Å². The van der Waals surface area contributed by atoms with Crippen LogP contribution >= 0.6 is 0 Å². The molecule has 6 nitrogen and oxygen atoms in total. The minimum Gasteiger partial charge on any atom is -0.493 e. The predicted molar refractivity (Wildman–Crippen MR) is 104 cm³/mol. The molecule has 138 valence electrons. The monoisotopic (exact) mass is 362 g/mol. The van der Waals surface area contributed by atoms with Crippen LogP contribution in [0.5, 0.6) is 5.88 Å². The topological polar surface area (TPSA) is 70.2 Å². The van der Waals surface area contributed by atoms with E-state index in [1.807, 2.05) is 47.9 Å². The molecular weight excluding hydrogens is 340 g/mol. The van der Waals surface area contributed by atoms with E-state index < -0.39 is 5.91 Å². The van der Waals surface area contributed by atoms with Crippen molar-refractivity contribution in [3.8, 4) is 5.88 Å². The first-order valence-electron chi connectivity index (χ1n) is 9.19. The molecule has 1 aromatic heterocycles. The minimum atomic E-state index is -0.413. The van der Waals surface area contributed by atoms with Gasteiger partial charge >= 0.3 is 0 Å². The Morgan fingerprint density at radius 3 is 2.56 bits per heavy atom. The number of azo groups is 1. The van der Waals surface area contributed by atoms with Gasteiger partial charge in [-0.25, -0.2) is 0 Å². The fraction of sp³-hybridized carbons (Fsp3) is 0.286. The first kappa shape index (κ1) is 17.4. The zero-order valence-corrected chi connectivity index (χ0v) is 15.3. The average Bonchev–Trinajstić information content (AvgIpc) is 3.28. The molecule has 0 atom stereocenters. The van der Waals surface area contributed by atoms with E-state index >= 15 is 0 Å². The van der Waals surface area contributed by atoms with Crippen molar-refractivity contribution in [2.24, 2.45) is 10.2 Å². The van der Waals surface area contributed by atoms with Gasteiger partial charge < -0.3 is 5.11 Å². The molecule has 0 saturated carbocycles. The molecule has 4 rings (SSSR count). The number of carbonyl (C=O) groups is 1. The molecule has 0 unspecified atom stereocenters. The van der Waals surface area contributed by atoms with Crippen molar-refractivity contribution < 1.29 is 9.90 Å². The summed E-state index contributed by atoms with van der Waals surface area (Å²) in [4.78, 5) is 14.7. The van der Waals surface area contributed by atoms with Gasteiger partial charge in [0, 0.05) is 10.9 Å². The van der Waals surface area contributed by atoms with Crippen LogP contribution in [0.1, 0.15) is 28.8 Å². The number of aromatic hydroxyl groups is 1. The van der Waals surface area contributed by atoms with E-state index in [-0.39, 0.29) is 5.88 Å². The molecule has 1 aliphatic rings. The number of nitrogens with zero attached hydrogens (tertiary/aromatic N) is 4. The summed E-state index contributed by atoms with van der Waals surface area (Å²) in [5.41, 5.74) is 2.59. The molecule has 1 N–H and O–H groups in total. The standard InChI is InChI=1S/C21H22N4O2/c1-15-8-2-3-9-16(15)20(26)23-22-19-17-10-4-5-11-18(17)25(21(19)27)14-24-12-6-7-13-24/h2-5,8-11,27H,6-7,12-14H2,1H3. The van der Waals surface area contributed by atoms with Crippen LogP contribution in [0.3, 0.4) is 0 Å². The van der Waals surface area contributed by atoms with Gasteiger partial charge in [0.25, 0.3) is 5.91 Å². The first-order valence-corrected chi connectivity index (χ1v) is 9.19. The summed E-state index contributed by atoms with van der Waals surface area (Å²) in [6.07, 6.45) is 2.36. The zero-order chi connectivity index (χ0) is 18.8. The highest BCUT2D eigenvalue weighted by Gasteiger charge is 2.20. The second kappa shape index (κ2) is 7.32. The average molecular weight is 362 g/mol. The second-order valence-electron chi connectivity index (χ2n) is 6.90. The third kappa shape index (κ3) is 3.36. The molecule has 27 heavy (non-hydrogen) atoms. The molecule has 1 saturated heterocycles. The van der Waals surface area contributed by atoms with Gasteiger partial charge in [-0.2, -0.15) is 0 Å². The Morgan fingerprint density at radius 2 is 1.78 bits per heavy atom. The van der Waals surface area contributed by atoms with E-state index in [4.69, 9.17) is 0 Å². The molecule has 1 fully saturated rings. The Bertz CT molecular complexity index is 1020. The van der Waals surface area contributed by atoms with E-state index in [9.17, 15) is 9.90 Å². The van der Waals surface area contributed by atoms with Crippen LogP contribution in [0.2, 0.25) is 0 Å². The highest BCUT2D eigenvalue weighted by Crippen LogP contribution is 2.39. The SMILES string of the molecule is Cc1ccccc1C(=O)N=Nc1c(O)n(CN2CCCC2)c2ccccc12. The summed E-state index contributed by atoms with van der Waals surface area (Å²) in [6.45, 7) is 4.51. The van der Waals surface area contributed by atoms with Gasteiger partial charge in [0.15, 0.2) is 5.69 Å². The summed E-state index contributed by atoms with van der Waals surface area (Å²) < 4.78 is 1.84. The molecule has 0 spiro atoms. The maximum Gasteiger partial charge on any atom is 0.295 e. The van der Waals surface area contributed by atoms with E-state index in [0.29, 0.717) is 17.9 Å². The van der Waals surface area contributed by atoms with Crippen molar-refractivity contribution in [1.29, 1.82) is 0 Å². The highest BCUT2D eigenvalue weighted by molar-refractivity contribution is 5.98. The third-order valence-corrected chi connectivity index (χ3v) is 5.07. The lowest BCUT2D eigenvalue weighted by Gasteiger charge is -2.17. The number of likely N-dealkylation sites (tertiary alicyclic amines) is 1. The molecule has 2 aromatic carbocycles. The summed E-state index contributed by atoms with van der Waals surface area (Å²) >= 11 is 0. The van der Waals surface area contributed by atoms with E-state index in [2.05, 4.69) is 15.1 Å². The zero-order valence-electron chi connectivity index (χ0n) is 15.3. The van der Waals surface area contributed by atoms with Gasteiger partial charge in [0.05, 0.1) is 12.2 Å². The Morgan fingerprint density at radius 1 is 1.07 bits per heavy atom. The van der Waals surface area contributed by atoms with Gasteiger partial charge in [-0.15, -0.1) is 10.2 Å². The van der Waals surface area contributed by atoms with Crippen molar-refractivity contribution >= 4 is 22.5 Å². The van der Waals surface area contributed by atoms with E-state index in [1.54, 1.807) is 12.1 Å². The Hall–Kier alpha value is -2.99. The molecule has 6 heteroatoms. The number of rotatable bonds is 4. The third-order valence-electron chi connectivity index (χ3n) is 5.07. The number of carbonyl (C=O) groups excluding carboxylic acids is 1. The van der Waals surface area contributed by atoms with Crippen LogP contribution in [0.25, 0.3) is 10.9 Å². The molecule has 2 heterocycles. The van der Waals surface area contributed by atoms with Crippen LogP contribution < -0.4 is 0 Å². The lowest BCUT2D eigenvalue weighted by atomic mass is 10.1. The fourth-order valence-corrected chi connectivity index (χ4v) is 3.60. The molecular formula is C21H22N4O2. The molecule has 1 aliphatic heterocycles. The highest BCUT2D eigenvalue weighted by atomic mass is 16.3. The van der Waals surface area contributed by atoms with Gasteiger partial charge in [-0.3, -0.25) is 14.3 Å². The van der Waals surface area contributed by atoms with Crippen LogP contribution in [-0.4, -0.2) is 33.6 Å². The number of fused-ring (bicyclic) bond motifs is 1. The van der Waals surface area contributed by atoms with Gasteiger partial charge in [0.1, 0.15) is 0 Å². The summed E-state index contributed by atoms with van der Waals surface area (Å²) in [5.74, 6) is -0.367. The number of hydrogen-bond donors (Lipinski definition) is 1. The van der Waals surface area contributed by atoms with Crippen molar-refractivity contribution in [2.45, 2.75) is 26.4 Å². The Balaban J connectivity index is 1.70.